The summed E-state index contributed by atoms with van der Waals surface area (Å²) in [5, 5.41) is 14.8. The quantitative estimate of drug-likeness (QED) is 0.704. The molecule has 0 atom stereocenters. The Bertz CT molecular complexity index is 634. The summed E-state index contributed by atoms with van der Waals surface area (Å²) in [4.78, 5) is 27.1. The number of carbonyl (C=O) groups excluding carboxylic acids is 1. The van der Waals surface area contributed by atoms with E-state index in [4.69, 9.17) is 5.11 Å². The van der Waals surface area contributed by atoms with E-state index in [2.05, 4.69) is 15.6 Å². The number of aromatic carboxylic acids is 1. The largest absolute Gasteiger partial charge is 0.477 e. The highest BCUT2D eigenvalue weighted by Gasteiger charge is 2.26. The predicted molar refractivity (Wildman–Crippen MR) is 59.2 cm³/mol. The molecule has 6 nitrogen and oxygen atoms in total. The van der Waals surface area contributed by atoms with Crippen LogP contribution in [0, 0.1) is 0 Å². The van der Waals surface area contributed by atoms with Crippen molar-refractivity contribution in [2.24, 2.45) is 0 Å². The minimum atomic E-state index is -1.06. The molecule has 7 heteroatoms. The molecule has 0 aromatic carbocycles. The molecule has 0 saturated heterocycles. The van der Waals surface area contributed by atoms with Gasteiger partial charge in [0.1, 0.15) is 9.71 Å². The Morgan fingerprint density at radius 3 is 3.00 bits per heavy atom. The third-order valence-electron chi connectivity index (χ3n) is 2.27. The van der Waals surface area contributed by atoms with Gasteiger partial charge in [0.05, 0.1) is 16.8 Å². The van der Waals surface area contributed by atoms with Crippen molar-refractivity contribution in [3.05, 3.63) is 17.1 Å². The Labute approximate surface area is 92.9 Å². The minimum Gasteiger partial charge on any atom is -0.477 e. The number of thiophene rings is 1. The van der Waals surface area contributed by atoms with Crippen LogP contribution in [-0.2, 0) is 0 Å². The maximum Gasteiger partial charge on any atom is 0.348 e. The van der Waals surface area contributed by atoms with E-state index in [1.54, 1.807) is 6.07 Å². The lowest BCUT2D eigenvalue weighted by Gasteiger charge is -2.14. The number of carboxylic acid groups (broad SMARTS) is 1. The van der Waals surface area contributed by atoms with Crippen molar-refractivity contribution in [3.63, 3.8) is 0 Å². The van der Waals surface area contributed by atoms with Crippen LogP contribution in [0.5, 0.6) is 0 Å². The highest BCUT2D eigenvalue weighted by atomic mass is 32.1. The van der Waals surface area contributed by atoms with Crippen LogP contribution in [-0.4, -0.2) is 22.1 Å². The third-order valence-corrected chi connectivity index (χ3v) is 3.36. The highest BCUT2D eigenvalue weighted by molar-refractivity contribution is 7.21. The first-order valence-corrected chi connectivity index (χ1v) is 5.21. The molecule has 1 aliphatic rings. The molecule has 80 valence electrons. The number of pyridine rings is 1. The van der Waals surface area contributed by atoms with Gasteiger partial charge in [-0.25, -0.2) is 14.6 Å². The van der Waals surface area contributed by atoms with Gasteiger partial charge in [0.15, 0.2) is 0 Å². The van der Waals surface area contributed by atoms with Gasteiger partial charge < -0.3 is 15.7 Å². The molecular formula is C9H5N3O3S. The monoisotopic (exact) mass is 235 g/mol. The number of carboxylic acids is 1. The summed E-state index contributed by atoms with van der Waals surface area (Å²) in [6, 6.07) is 1.21. The van der Waals surface area contributed by atoms with Crippen molar-refractivity contribution >= 4 is 44.9 Å². The number of hydrogen-bond acceptors (Lipinski definition) is 4. The van der Waals surface area contributed by atoms with Crippen LogP contribution in [0.3, 0.4) is 0 Å². The lowest BCUT2D eigenvalue weighted by Crippen LogP contribution is -2.23. The van der Waals surface area contributed by atoms with Crippen LogP contribution in [0.2, 0.25) is 0 Å². The number of hydrogen-bond donors (Lipinski definition) is 3. The number of rotatable bonds is 1. The molecule has 1 aliphatic heterocycles. The van der Waals surface area contributed by atoms with E-state index in [9.17, 15) is 9.59 Å². The Hall–Kier alpha value is -2.15. The molecule has 2 amide bonds. The summed E-state index contributed by atoms with van der Waals surface area (Å²) < 4.78 is 0. The van der Waals surface area contributed by atoms with Crippen molar-refractivity contribution in [2.45, 2.75) is 0 Å². The molecule has 0 radical (unpaired) electrons. The van der Waals surface area contributed by atoms with Gasteiger partial charge in [0, 0.05) is 6.20 Å². The van der Waals surface area contributed by atoms with Crippen LogP contribution in [0.25, 0.3) is 10.2 Å². The molecule has 0 saturated carbocycles. The van der Waals surface area contributed by atoms with Gasteiger partial charge in [-0.05, 0) is 6.07 Å². The highest BCUT2D eigenvalue weighted by Crippen LogP contribution is 2.40. The van der Waals surface area contributed by atoms with Gasteiger partial charge >= 0.3 is 12.0 Å². The molecule has 0 spiro atoms. The number of amides is 2. The lowest BCUT2D eigenvalue weighted by atomic mass is 10.2. The van der Waals surface area contributed by atoms with Crippen LogP contribution in [0.4, 0.5) is 16.2 Å². The van der Waals surface area contributed by atoms with Crippen molar-refractivity contribution in [3.8, 4) is 0 Å². The van der Waals surface area contributed by atoms with Gasteiger partial charge in [-0.2, -0.15) is 0 Å². The van der Waals surface area contributed by atoms with E-state index >= 15 is 0 Å². The smallest absolute Gasteiger partial charge is 0.348 e. The SMILES string of the molecule is O=C1Nc2ccnc3sc(C(=O)O)c(c23)N1. The second-order valence-corrected chi connectivity index (χ2v) is 4.23. The average Bonchev–Trinajstić information content (AvgIpc) is 2.59. The maximum atomic E-state index is 11.3. The number of nitrogens with one attached hydrogen (secondary N) is 2. The first-order valence-electron chi connectivity index (χ1n) is 4.39. The van der Waals surface area contributed by atoms with Crippen LogP contribution < -0.4 is 10.6 Å². The van der Waals surface area contributed by atoms with Gasteiger partial charge in [-0.15, -0.1) is 11.3 Å². The summed E-state index contributed by atoms with van der Waals surface area (Å²) in [5.41, 5.74) is 0.923. The second kappa shape index (κ2) is 2.92. The Balaban J connectivity index is 2.43. The summed E-state index contributed by atoms with van der Waals surface area (Å²) >= 11 is 1.05. The second-order valence-electron chi connectivity index (χ2n) is 3.23. The zero-order chi connectivity index (χ0) is 11.3. The normalized spacial score (nSPS) is 13.4. The number of aromatic nitrogens is 1. The third kappa shape index (κ3) is 1.09. The fraction of sp³-hybridized carbons (Fsp3) is 0. The van der Waals surface area contributed by atoms with Crippen molar-refractivity contribution in [2.75, 3.05) is 10.6 Å². The summed E-state index contributed by atoms with van der Waals surface area (Å²) in [6.45, 7) is 0. The minimum absolute atomic E-state index is 0.102. The molecule has 3 rings (SSSR count). The van der Waals surface area contributed by atoms with Gasteiger partial charge in [0.25, 0.3) is 0 Å². The Morgan fingerprint density at radius 1 is 1.44 bits per heavy atom. The number of nitrogens with zero attached hydrogens (tertiary/aromatic N) is 1. The van der Waals surface area contributed by atoms with Crippen LogP contribution >= 0.6 is 11.3 Å². The van der Waals surface area contributed by atoms with Gasteiger partial charge in [-0.3, -0.25) is 0 Å². The van der Waals surface area contributed by atoms with E-state index in [1.165, 1.54) is 6.20 Å². The molecule has 0 bridgehead atoms. The molecule has 16 heavy (non-hydrogen) atoms. The van der Waals surface area contributed by atoms with E-state index in [0.29, 0.717) is 21.6 Å². The topological polar surface area (TPSA) is 91.3 Å². The molecule has 3 heterocycles. The molecule has 2 aromatic heterocycles. The molecule has 2 aromatic rings. The number of urea groups is 1. The van der Waals surface area contributed by atoms with Crippen LogP contribution in [0.15, 0.2) is 12.3 Å². The number of anilines is 2. The predicted octanol–water partition coefficient (Wildman–Crippen LogP) is 1.95. The molecule has 0 aliphatic carbocycles. The fourth-order valence-corrected chi connectivity index (χ4v) is 2.63. The summed E-state index contributed by atoms with van der Waals surface area (Å²) in [6.07, 6.45) is 1.54. The van der Waals surface area contributed by atoms with Crippen molar-refractivity contribution < 1.29 is 14.7 Å². The van der Waals surface area contributed by atoms with Gasteiger partial charge in [-0.1, -0.05) is 0 Å². The van der Waals surface area contributed by atoms with Crippen molar-refractivity contribution in [1.29, 1.82) is 0 Å². The molecule has 0 fully saturated rings. The first kappa shape index (κ1) is 9.10. The van der Waals surface area contributed by atoms with Gasteiger partial charge in [0.2, 0.25) is 0 Å². The lowest BCUT2D eigenvalue weighted by molar-refractivity contribution is 0.0703. The van der Waals surface area contributed by atoms with Crippen molar-refractivity contribution in [1.82, 2.24) is 4.98 Å². The summed E-state index contributed by atoms with van der Waals surface area (Å²) in [7, 11) is 0. The van der Waals surface area contributed by atoms with E-state index < -0.39 is 12.0 Å². The zero-order valence-corrected chi connectivity index (χ0v) is 8.59. The molecule has 3 N–H and O–H groups in total. The Kier molecular flexibility index (Phi) is 1.66. The Morgan fingerprint density at radius 2 is 2.25 bits per heavy atom. The van der Waals surface area contributed by atoms with E-state index in [0.717, 1.165) is 11.3 Å². The van der Waals surface area contributed by atoms with E-state index in [-0.39, 0.29) is 4.88 Å². The molecule has 0 unspecified atom stereocenters. The molecular weight excluding hydrogens is 230 g/mol. The van der Waals surface area contributed by atoms with Crippen LogP contribution in [0.1, 0.15) is 9.67 Å². The number of carbonyl (C=O) groups is 2. The standard InChI is InChI=1S/C9H5N3O3S/c13-8(14)6-5-4-3(11-9(15)12-5)1-2-10-7(4)16-6/h1-2H,(H,13,14)(H2,11,12,15). The fourth-order valence-electron chi connectivity index (χ4n) is 1.66. The zero-order valence-electron chi connectivity index (χ0n) is 7.77. The summed E-state index contributed by atoms with van der Waals surface area (Å²) in [5.74, 6) is -1.06. The average molecular weight is 235 g/mol. The first-order chi connectivity index (χ1) is 7.66. The maximum absolute atomic E-state index is 11.3. The van der Waals surface area contributed by atoms with E-state index in [1.807, 2.05) is 0 Å².